The van der Waals surface area contributed by atoms with Gasteiger partial charge in [0, 0.05) is 45.4 Å². The summed E-state index contributed by atoms with van der Waals surface area (Å²) in [5.41, 5.74) is 5.70. The summed E-state index contributed by atoms with van der Waals surface area (Å²) < 4.78 is 0. The summed E-state index contributed by atoms with van der Waals surface area (Å²) in [5, 5.41) is 8.62. The SMILES string of the molecule is CC(=O)CCN(CCN(C)C(=O)[C@@H](N)CCC(=O)O)C(=O)C(C)C. The lowest BCUT2D eigenvalue weighted by molar-refractivity contribution is -0.139. The lowest BCUT2D eigenvalue weighted by Gasteiger charge is -2.28. The quantitative estimate of drug-likeness (QED) is 0.549. The molecule has 0 saturated heterocycles. The molecular formula is C16H29N3O5. The molecule has 1 atom stereocenters. The highest BCUT2D eigenvalue weighted by atomic mass is 16.4. The van der Waals surface area contributed by atoms with Gasteiger partial charge in [-0.2, -0.15) is 0 Å². The number of carboxylic acids is 1. The second kappa shape index (κ2) is 10.7. The molecule has 3 N–H and O–H groups in total. The van der Waals surface area contributed by atoms with Crippen molar-refractivity contribution in [3.05, 3.63) is 0 Å². The highest BCUT2D eigenvalue weighted by Gasteiger charge is 2.22. The molecule has 0 aliphatic rings. The highest BCUT2D eigenvalue weighted by molar-refractivity contribution is 5.82. The van der Waals surface area contributed by atoms with Gasteiger partial charge >= 0.3 is 5.97 Å². The Bertz CT molecular complexity index is 465. The number of Topliss-reactive ketones (excluding diaryl/α,β-unsaturated/α-hetero) is 1. The van der Waals surface area contributed by atoms with Crippen molar-refractivity contribution < 1.29 is 24.3 Å². The molecule has 0 heterocycles. The molecule has 0 rings (SSSR count). The zero-order chi connectivity index (χ0) is 18.9. The summed E-state index contributed by atoms with van der Waals surface area (Å²) in [5.74, 6) is -1.64. The van der Waals surface area contributed by atoms with Crippen molar-refractivity contribution in [1.82, 2.24) is 9.80 Å². The Kier molecular flexibility index (Phi) is 9.87. The van der Waals surface area contributed by atoms with Gasteiger partial charge in [-0.05, 0) is 13.3 Å². The van der Waals surface area contributed by atoms with Crippen LogP contribution < -0.4 is 5.73 Å². The summed E-state index contributed by atoms with van der Waals surface area (Å²) in [6.45, 7) is 5.92. The highest BCUT2D eigenvalue weighted by Crippen LogP contribution is 2.05. The second-order valence-electron chi connectivity index (χ2n) is 6.23. The van der Waals surface area contributed by atoms with Crippen molar-refractivity contribution in [2.75, 3.05) is 26.7 Å². The number of aliphatic carboxylic acids is 1. The summed E-state index contributed by atoms with van der Waals surface area (Å²) >= 11 is 0. The monoisotopic (exact) mass is 343 g/mol. The van der Waals surface area contributed by atoms with E-state index in [0.29, 0.717) is 13.1 Å². The molecule has 0 aliphatic heterocycles. The van der Waals surface area contributed by atoms with Crippen LogP contribution in [0.5, 0.6) is 0 Å². The lowest BCUT2D eigenvalue weighted by Crippen LogP contribution is -2.46. The van der Waals surface area contributed by atoms with Crippen molar-refractivity contribution in [3.63, 3.8) is 0 Å². The molecule has 8 heteroatoms. The van der Waals surface area contributed by atoms with Gasteiger partial charge in [0.2, 0.25) is 11.8 Å². The van der Waals surface area contributed by atoms with E-state index in [4.69, 9.17) is 10.8 Å². The first-order chi connectivity index (χ1) is 11.1. The molecule has 138 valence electrons. The van der Waals surface area contributed by atoms with Crippen LogP contribution in [0.15, 0.2) is 0 Å². The molecule has 2 amide bonds. The average molecular weight is 343 g/mol. The van der Waals surface area contributed by atoms with E-state index < -0.39 is 12.0 Å². The summed E-state index contributed by atoms with van der Waals surface area (Å²) in [4.78, 5) is 48.9. The van der Waals surface area contributed by atoms with Gasteiger partial charge in [0.05, 0.1) is 6.04 Å². The topological polar surface area (TPSA) is 121 Å². The van der Waals surface area contributed by atoms with E-state index in [1.807, 2.05) is 0 Å². The van der Waals surface area contributed by atoms with Gasteiger partial charge in [0.15, 0.2) is 0 Å². The van der Waals surface area contributed by atoms with Crippen LogP contribution in [-0.2, 0) is 19.2 Å². The van der Waals surface area contributed by atoms with E-state index in [1.54, 1.807) is 25.8 Å². The molecule has 0 unspecified atom stereocenters. The minimum absolute atomic E-state index is 0.00307. The number of carbonyl (C=O) groups excluding carboxylic acids is 3. The first-order valence-electron chi connectivity index (χ1n) is 8.06. The van der Waals surface area contributed by atoms with E-state index in [9.17, 15) is 19.2 Å². The number of likely N-dealkylation sites (N-methyl/N-ethyl adjacent to an activating group) is 1. The minimum Gasteiger partial charge on any atom is -0.481 e. The Labute approximate surface area is 143 Å². The van der Waals surface area contributed by atoms with E-state index in [1.165, 1.54) is 11.8 Å². The van der Waals surface area contributed by atoms with Crippen LogP contribution in [0.2, 0.25) is 0 Å². The molecular weight excluding hydrogens is 314 g/mol. The molecule has 0 aromatic heterocycles. The van der Waals surface area contributed by atoms with Gasteiger partial charge < -0.3 is 20.6 Å². The normalized spacial score (nSPS) is 11.9. The number of carbonyl (C=O) groups is 4. The number of hydrogen-bond donors (Lipinski definition) is 2. The third-order valence-corrected chi connectivity index (χ3v) is 3.61. The molecule has 0 radical (unpaired) electrons. The summed E-state index contributed by atoms with van der Waals surface area (Å²) in [7, 11) is 1.56. The number of amides is 2. The first kappa shape index (κ1) is 22.0. The van der Waals surface area contributed by atoms with E-state index in [2.05, 4.69) is 0 Å². The minimum atomic E-state index is -1.00. The van der Waals surface area contributed by atoms with Crippen LogP contribution in [0.1, 0.15) is 40.0 Å². The predicted octanol–water partition coefficient (Wildman–Crippen LogP) is 0.101. The zero-order valence-electron chi connectivity index (χ0n) is 14.9. The van der Waals surface area contributed by atoms with Gasteiger partial charge in [-0.25, -0.2) is 0 Å². The van der Waals surface area contributed by atoms with Gasteiger partial charge in [-0.15, -0.1) is 0 Å². The molecule has 0 spiro atoms. The van der Waals surface area contributed by atoms with Crippen LogP contribution in [0.3, 0.4) is 0 Å². The maximum Gasteiger partial charge on any atom is 0.303 e. The van der Waals surface area contributed by atoms with Crippen molar-refractivity contribution >= 4 is 23.6 Å². The van der Waals surface area contributed by atoms with Gasteiger partial charge in [0.1, 0.15) is 5.78 Å². The number of nitrogens with zero attached hydrogens (tertiary/aromatic N) is 2. The first-order valence-corrected chi connectivity index (χ1v) is 8.06. The fourth-order valence-electron chi connectivity index (χ4n) is 2.06. The molecule has 0 fully saturated rings. The Morgan fingerprint density at radius 3 is 2.04 bits per heavy atom. The lowest BCUT2D eigenvalue weighted by atomic mass is 10.1. The number of ketones is 1. The average Bonchev–Trinajstić information content (AvgIpc) is 2.50. The van der Waals surface area contributed by atoms with Crippen LogP contribution >= 0.6 is 0 Å². The third-order valence-electron chi connectivity index (χ3n) is 3.61. The molecule has 0 aromatic carbocycles. The van der Waals surface area contributed by atoms with Crippen LogP contribution in [0.25, 0.3) is 0 Å². The Morgan fingerprint density at radius 1 is 1.00 bits per heavy atom. The number of rotatable bonds is 11. The summed E-state index contributed by atoms with van der Waals surface area (Å²) in [6, 6.07) is -0.877. The van der Waals surface area contributed by atoms with Crippen molar-refractivity contribution in [3.8, 4) is 0 Å². The van der Waals surface area contributed by atoms with Crippen LogP contribution in [0, 0.1) is 5.92 Å². The predicted molar refractivity (Wildman–Crippen MR) is 89.2 cm³/mol. The van der Waals surface area contributed by atoms with Crippen LogP contribution in [-0.4, -0.2) is 71.2 Å². The molecule has 0 bridgehead atoms. The third kappa shape index (κ3) is 8.61. The molecule has 0 saturated carbocycles. The maximum atomic E-state index is 12.2. The van der Waals surface area contributed by atoms with Crippen molar-refractivity contribution in [2.45, 2.75) is 46.1 Å². The van der Waals surface area contributed by atoms with Gasteiger partial charge in [-0.3, -0.25) is 19.2 Å². The Morgan fingerprint density at radius 2 is 1.58 bits per heavy atom. The number of carboxylic acid groups (broad SMARTS) is 1. The molecule has 0 aromatic rings. The van der Waals surface area contributed by atoms with Crippen molar-refractivity contribution in [1.29, 1.82) is 0 Å². The molecule has 8 nitrogen and oxygen atoms in total. The Balaban J connectivity index is 4.59. The number of nitrogens with two attached hydrogens (primary N) is 1. The maximum absolute atomic E-state index is 12.2. The Hall–Kier alpha value is -1.96. The summed E-state index contributed by atoms with van der Waals surface area (Å²) in [6.07, 6.45) is 0.170. The van der Waals surface area contributed by atoms with E-state index in [-0.39, 0.29) is 49.3 Å². The number of hydrogen-bond acceptors (Lipinski definition) is 5. The van der Waals surface area contributed by atoms with Gasteiger partial charge in [-0.1, -0.05) is 13.8 Å². The molecule has 24 heavy (non-hydrogen) atoms. The van der Waals surface area contributed by atoms with E-state index in [0.717, 1.165) is 0 Å². The smallest absolute Gasteiger partial charge is 0.303 e. The zero-order valence-corrected chi connectivity index (χ0v) is 14.9. The van der Waals surface area contributed by atoms with Crippen molar-refractivity contribution in [2.24, 2.45) is 11.7 Å². The fraction of sp³-hybridized carbons (Fsp3) is 0.750. The largest absolute Gasteiger partial charge is 0.481 e. The van der Waals surface area contributed by atoms with E-state index >= 15 is 0 Å². The standard InChI is InChI=1S/C16H29N3O5/c1-11(2)15(23)19(8-7-12(3)20)10-9-18(4)16(24)13(17)5-6-14(21)22/h11,13H,5-10,17H2,1-4H3,(H,21,22)/t13-/m0/s1. The van der Waals surface area contributed by atoms with Crippen LogP contribution in [0.4, 0.5) is 0 Å². The molecule has 0 aliphatic carbocycles. The van der Waals surface area contributed by atoms with Gasteiger partial charge in [0.25, 0.3) is 0 Å². The fourth-order valence-corrected chi connectivity index (χ4v) is 2.06. The second-order valence-corrected chi connectivity index (χ2v) is 6.23.